The Kier molecular flexibility index (Phi) is 4.60. The molecule has 0 aliphatic carbocycles. The lowest BCUT2D eigenvalue weighted by molar-refractivity contribution is 0.0336. The van der Waals surface area contributed by atoms with E-state index in [1.165, 1.54) is 6.07 Å². The lowest BCUT2D eigenvalue weighted by atomic mass is 9.99. The Hall–Kier alpha value is -0.640. The van der Waals surface area contributed by atoms with E-state index in [1.54, 1.807) is 12.1 Å². The average Bonchev–Trinajstić information content (AvgIpc) is 2.75. The molecule has 0 radical (unpaired) electrons. The van der Waals surface area contributed by atoms with Crippen LogP contribution < -0.4 is 5.32 Å². The number of benzene rings is 1. The van der Waals surface area contributed by atoms with Crippen LogP contribution in [-0.2, 0) is 11.2 Å². The van der Waals surface area contributed by atoms with Crippen molar-refractivity contribution in [3.05, 3.63) is 34.6 Å². The number of hydrogen-bond donors (Lipinski definition) is 1. The molecule has 1 N–H and O–H groups in total. The molecule has 1 fully saturated rings. The summed E-state index contributed by atoms with van der Waals surface area (Å²) < 4.78 is 19.6. The van der Waals surface area contributed by atoms with Crippen molar-refractivity contribution in [3.63, 3.8) is 0 Å². The largest absolute Gasteiger partial charge is 0.374 e. The molecule has 1 heterocycles. The van der Waals surface area contributed by atoms with Gasteiger partial charge in [0.25, 0.3) is 0 Å². The Balaban J connectivity index is 2.05. The second-order valence-electron chi connectivity index (χ2n) is 4.90. The van der Waals surface area contributed by atoms with Gasteiger partial charge in [0.1, 0.15) is 5.82 Å². The number of ether oxygens (including phenoxy) is 1. The smallest absolute Gasteiger partial charge is 0.127 e. The summed E-state index contributed by atoms with van der Waals surface area (Å²) in [5.41, 5.74) is 0.682. The monoisotopic (exact) mass is 271 g/mol. The lowest BCUT2D eigenvalue weighted by Crippen LogP contribution is -2.39. The van der Waals surface area contributed by atoms with Crippen LogP contribution in [0.4, 0.5) is 4.39 Å². The topological polar surface area (TPSA) is 21.3 Å². The molecule has 0 spiro atoms. The Bertz CT molecular complexity index is 413. The van der Waals surface area contributed by atoms with Crippen molar-refractivity contribution in [2.45, 2.75) is 44.4 Å². The molecule has 0 bridgehead atoms. The normalized spacial score (nSPS) is 25.3. The fourth-order valence-corrected chi connectivity index (χ4v) is 2.63. The van der Waals surface area contributed by atoms with Gasteiger partial charge in [-0.25, -0.2) is 4.39 Å². The number of nitrogens with one attached hydrogen (secondary N) is 1. The van der Waals surface area contributed by atoms with Gasteiger partial charge in [0.05, 0.1) is 12.2 Å². The molecule has 3 unspecified atom stereocenters. The molecule has 0 aromatic heterocycles. The first-order valence-corrected chi connectivity index (χ1v) is 6.74. The first-order valence-electron chi connectivity index (χ1n) is 6.37. The summed E-state index contributed by atoms with van der Waals surface area (Å²) >= 11 is 5.75. The zero-order chi connectivity index (χ0) is 13.1. The van der Waals surface area contributed by atoms with Crippen LogP contribution >= 0.6 is 11.6 Å². The molecule has 18 heavy (non-hydrogen) atoms. The van der Waals surface area contributed by atoms with Gasteiger partial charge in [0.2, 0.25) is 0 Å². The highest BCUT2D eigenvalue weighted by molar-refractivity contribution is 6.30. The molecule has 2 nitrogen and oxygen atoms in total. The van der Waals surface area contributed by atoms with Gasteiger partial charge in [0, 0.05) is 11.1 Å². The number of halogens is 2. The molecule has 1 saturated heterocycles. The van der Waals surface area contributed by atoms with E-state index in [9.17, 15) is 4.39 Å². The van der Waals surface area contributed by atoms with Crippen LogP contribution in [0.5, 0.6) is 0 Å². The minimum atomic E-state index is -0.242. The molecule has 0 amide bonds. The molecular formula is C14H19ClFNO. The minimum Gasteiger partial charge on any atom is -0.374 e. The third-order valence-electron chi connectivity index (χ3n) is 3.54. The van der Waals surface area contributed by atoms with Gasteiger partial charge in [-0.3, -0.25) is 0 Å². The fraction of sp³-hybridized carbons (Fsp3) is 0.571. The van der Waals surface area contributed by atoms with E-state index >= 15 is 0 Å². The second kappa shape index (κ2) is 6.00. The summed E-state index contributed by atoms with van der Waals surface area (Å²) in [6.07, 6.45) is 3.20. The SMILES string of the molecule is CNC(Cc1ccc(Cl)cc1F)C1CCC(C)O1. The molecule has 4 heteroatoms. The van der Waals surface area contributed by atoms with Crippen molar-refractivity contribution in [2.24, 2.45) is 0 Å². The van der Waals surface area contributed by atoms with E-state index in [0.717, 1.165) is 12.8 Å². The Morgan fingerprint density at radius 2 is 2.28 bits per heavy atom. The standard InChI is InChI=1S/C14H19ClFNO/c1-9-3-6-14(18-9)13(17-2)7-10-4-5-11(15)8-12(10)16/h4-5,8-9,13-14,17H,3,6-7H2,1-2H3. The zero-order valence-corrected chi connectivity index (χ0v) is 11.5. The molecule has 1 aromatic carbocycles. The third kappa shape index (κ3) is 3.22. The molecular weight excluding hydrogens is 253 g/mol. The first kappa shape index (κ1) is 13.8. The predicted octanol–water partition coefficient (Wildman–Crippen LogP) is 3.18. The zero-order valence-electron chi connectivity index (χ0n) is 10.7. The van der Waals surface area contributed by atoms with Crippen molar-refractivity contribution in [1.82, 2.24) is 5.32 Å². The van der Waals surface area contributed by atoms with E-state index in [4.69, 9.17) is 16.3 Å². The fourth-order valence-electron chi connectivity index (χ4n) is 2.47. The van der Waals surface area contributed by atoms with Crippen LogP contribution in [0.15, 0.2) is 18.2 Å². The van der Waals surface area contributed by atoms with Crippen molar-refractivity contribution in [1.29, 1.82) is 0 Å². The van der Waals surface area contributed by atoms with Crippen molar-refractivity contribution < 1.29 is 9.13 Å². The number of likely N-dealkylation sites (N-methyl/N-ethyl adjacent to an activating group) is 1. The maximum absolute atomic E-state index is 13.8. The van der Waals surface area contributed by atoms with Crippen LogP contribution in [-0.4, -0.2) is 25.3 Å². The van der Waals surface area contributed by atoms with Crippen molar-refractivity contribution in [3.8, 4) is 0 Å². The van der Waals surface area contributed by atoms with Gasteiger partial charge in [-0.15, -0.1) is 0 Å². The van der Waals surface area contributed by atoms with Gasteiger partial charge in [-0.2, -0.15) is 0 Å². The van der Waals surface area contributed by atoms with E-state index in [-0.39, 0.29) is 18.0 Å². The predicted molar refractivity (Wildman–Crippen MR) is 71.5 cm³/mol. The minimum absolute atomic E-state index is 0.144. The molecule has 1 aliphatic heterocycles. The summed E-state index contributed by atoms with van der Waals surface area (Å²) in [6.45, 7) is 2.08. The molecule has 100 valence electrons. The quantitative estimate of drug-likeness (QED) is 0.908. The van der Waals surface area contributed by atoms with E-state index < -0.39 is 0 Å². The van der Waals surface area contributed by atoms with Gasteiger partial charge < -0.3 is 10.1 Å². The van der Waals surface area contributed by atoms with Gasteiger partial charge >= 0.3 is 0 Å². The second-order valence-corrected chi connectivity index (χ2v) is 5.33. The van der Waals surface area contributed by atoms with Crippen LogP contribution in [0, 0.1) is 5.82 Å². The Morgan fingerprint density at radius 3 is 2.83 bits per heavy atom. The Labute approximate surface area is 112 Å². The summed E-state index contributed by atoms with van der Waals surface area (Å²) in [5, 5.41) is 3.66. The van der Waals surface area contributed by atoms with Gasteiger partial charge in [-0.1, -0.05) is 17.7 Å². The highest BCUT2D eigenvalue weighted by atomic mass is 35.5. The first-order chi connectivity index (χ1) is 8.60. The van der Waals surface area contributed by atoms with Crippen LogP contribution in [0.1, 0.15) is 25.3 Å². The van der Waals surface area contributed by atoms with Crippen LogP contribution in [0.25, 0.3) is 0 Å². The Morgan fingerprint density at radius 1 is 1.50 bits per heavy atom. The van der Waals surface area contributed by atoms with Gasteiger partial charge in [0.15, 0.2) is 0 Å². The number of rotatable bonds is 4. The molecule has 1 aromatic rings. The van der Waals surface area contributed by atoms with Crippen LogP contribution in [0.3, 0.4) is 0 Å². The molecule has 1 aliphatic rings. The number of hydrogen-bond acceptors (Lipinski definition) is 2. The molecule has 0 saturated carbocycles. The highest BCUT2D eigenvalue weighted by Crippen LogP contribution is 2.24. The maximum atomic E-state index is 13.8. The molecule has 2 rings (SSSR count). The highest BCUT2D eigenvalue weighted by Gasteiger charge is 2.29. The summed E-state index contributed by atoms with van der Waals surface area (Å²) in [7, 11) is 1.89. The maximum Gasteiger partial charge on any atom is 0.127 e. The van der Waals surface area contributed by atoms with E-state index in [0.29, 0.717) is 23.1 Å². The summed E-state index contributed by atoms with van der Waals surface area (Å²) in [5.74, 6) is -0.242. The van der Waals surface area contributed by atoms with E-state index in [2.05, 4.69) is 12.2 Å². The summed E-state index contributed by atoms with van der Waals surface area (Å²) in [6, 6.07) is 4.98. The van der Waals surface area contributed by atoms with Crippen molar-refractivity contribution >= 4 is 11.6 Å². The lowest BCUT2D eigenvalue weighted by Gasteiger charge is -2.23. The molecule has 3 atom stereocenters. The van der Waals surface area contributed by atoms with E-state index in [1.807, 2.05) is 7.05 Å². The summed E-state index contributed by atoms with van der Waals surface area (Å²) in [4.78, 5) is 0. The van der Waals surface area contributed by atoms with Crippen molar-refractivity contribution in [2.75, 3.05) is 7.05 Å². The van der Waals surface area contributed by atoms with Crippen LogP contribution in [0.2, 0.25) is 5.02 Å². The average molecular weight is 272 g/mol. The van der Waals surface area contributed by atoms with Gasteiger partial charge in [-0.05, 0) is 50.9 Å². The third-order valence-corrected chi connectivity index (χ3v) is 3.77.